The molecule has 0 radical (unpaired) electrons. The number of H-pyrrole nitrogens is 1. The molecular formula is C16H16N4. The molecule has 20 heavy (non-hydrogen) atoms. The maximum atomic E-state index is 4.57. The lowest BCUT2D eigenvalue weighted by Crippen LogP contribution is -2.18. The zero-order valence-corrected chi connectivity index (χ0v) is 11.1. The molecule has 4 heteroatoms. The Labute approximate surface area is 117 Å². The number of aryl methyl sites for hydroxylation is 1. The van der Waals surface area contributed by atoms with Crippen LogP contribution in [0.15, 0.2) is 42.7 Å². The number of anilines is 1. The van der Waals surface area contributed by atoms with Crippen molar-refractivity contribution >= 4 is 16.6 Å². The average molecular weight is 264 g/mol. The molecule has 100 valence electrons. The SMILES string of the molecule is c1cnc2c(c1)CCCC2Nc1ccc2[nH]ncc2c1. The van der Waals surface area contributed by atoms with Crippen molar-refractivity contribution in [2.75, 3.05) is 5.32 Å². The van der Waals surface area contributed by atoms with Gasteiger partial charge in [-0.2, -0.15) is 5.10 Å². The van der Waals surface area contributed by atoms with Gasteiger partial charge in [0.2, 0.25) is 0 Å². The minimum Gasteiger partial charge on any atom is -0.377 e. The minimum absolute atomic E-state index is 0.310. The first-order valence-electron chi connectivity index (χ1n) is 7.03. The Bertz CT molecular complexity index is 747. The molecule has 2 aromatic heterocycles. The fourth-order valence-electron chi connectivity index (χ4n) is 2.98. The predicted molar refractivity (Wildman–Crippen MR) is 79.6 cm³/mol. The standard InChI is InChI=1S/C16H16N4/c1-3-11-4-2-8-17-16(11)15(5-1)19-13-6-7-14-12(9-13)10-18-20-14/h2,4,6-10,15,19H,1,3,5H2,(H,18,20). The van der Waals surface area contributed by atoms with Crippen molar-refractivity contribution in [3.05, 3.63) is 54.0 Å². The molecule has 3 aromatic rings. The van der Waals surface area contributed by atoms with E-state index in [1.54, 1.807) is 0 Å². The molecule has 0 amide bonds. The number of rotatable bonds is 2. The van der Waals surface area contributed by atoms with Crippen LogP contribution in [0, 0.1) is 0 Å². The maximum Gasteiger partial charge on any atom is 0.0688 e. The molecule has 1 unspecified atom stereocenters. The van der Waals surface area contributed by atoms with Gasteiger partial charge in [-0.05, 0) is 49.1 Å². The molecule has 1 aliphatic rings. The number of hydrogen-bond acceptors (Lipinski definition) is 3. The summed E-state index contributed by atoms with van der Waals surface area (Å²) in [6.07, 6.45) is 7.23. The quantitative estimate of drug-likeness (QED) is 0.745. The van der Waals surface area contributed by atoms with Crippen molar-refractivity contribution in [2.24, 2.45) is 0 Å². The second-order valence-corrected chi connectivity index (χ2v) is 5.31. The maximum absolute atomic E-state index is 4.57. The number of fused-ring (bicyclic) bond motifs is 2. The van der Waals surface area contributed by atoms with Gasteiger partial charge < -0.3 is 5.32 Å². The average Bonchev–Trinajstić information content (AvgIpc) is 2.95. The number of aromatic nitrogens is 3. The lowest BCUT2D eigenvalue weighted by atomic mass is 9.92. The number of hydrogen-bond donors (Lipinski definition) is 2. The summed E-state index contributed by atoms with van der Waals surface area (Å²) in [6, 6.07) is 10.8. The van der Waals surface area contributed by atoms with Gasteiger partial charge in [-0.3, -0.25) is 10.1 Å². The monoisotopic (exact) mass is 264 g/mol. The molecule has 2 N–H and O–H groups in total. The van der Waals surface area contributed by atoms with E-state index in [9.17, 15) is 0 Å². The summed E-state index contributed by atoms with van der Waals surface area (Å²) < 4.78 is 0. The molecule has 0 aliphatic heterocycles. The molecule has 1 aliphatic carbocycles. The van der Waals surface area contributed by atoms with E-state index >= 15 is 0 Å². The van der Waals surface area contributed by atoms with Crippen LogP contribution in [0.25, 0.3) is 10.9 Å². The zero-order valence-electron chi connectivity index (χ0n) is 11.1. The molecule has 2 heterocycles. The molecule has 4 nitrogen and oxygen atoms in total. The summed E-state index contributed by atoms with van der Waals surface area (Å²) in [6.45, 7) is 0. The Balaban J connectivity index is 1.66. The molecule has 0 spiro atoms. The third-order valence-corrected chi connectivity index (χ3v) is 3.98. The third-order valence-electron chi connectivity index (χ3n) is 3.98. The number of nitrogens with one attached hydrogen (secondary N) is 2. The van der Waals surface area contributed by atoms with Gasteiger partial charge in [0.05, 0.1) is 23.4 Å². The summed E-state index contributed by atoms with van der Waals surface area (Å²) in [7, 11) is 0. The molecule has 1 aromatic carbocycles. The van der Waals surface area contributed by atoms with Crippen LogP contribution in [-0.4, -0.2) is 15.2 Å². The second-order valence-electron chi connectivity index (χ2n) is 5.31. The van der Waals surface area contributed by atoms with Crippen molar-refractivity contribution < 1.29 is 0 Å². The van der Waals surface area contributed by atoms with Gasteiger partial charge in [-0.15, -0.1) is 0 Å². The normalized spacial score (nSPS) is 17.9. The van der Waals surface area contributed by atoms with Gasteiger partial charge in [0.25, 0.3) is 0 Å². The highest BCUT2D eigenvalue weighted by Crippen LogP contribution is 2.31. The molecule has 0 saturated heterocycles. The van der Waals surface area contributed by atoms with Crippen LogP contribution >= 0.6 is 0 Å². The Morgan fingerprint density at radius 2 is 2.25 bits per heavy atom. The Hall–Kier alpha value is -2.36. The zero-order chi connectivity index (χ0) is 13.4. The van der Waals surface area contributed by atoms with Crippen LogP contribution in [0.5, 0.6) is 0 Å². The van der Waals surface area contributed by atoms with E-state index in [4.69, 9.17) is 0 Å². The summed E-state index contributed by atoms with van der Waals surface area (Å²) in [5.41, 5.74) is 4.77. The fourth-order valence-corrected chi connectivity index (χ4v) is 2.98. The van der Waals surface area contributed by atoms with Crippen molar-refractivity contribution in [1.82, 2.24) is 15.2 Å². The van der Waals surface area contributed by atoms with Crippen LogP contribution < -0.4 is 5.32 Å². The van der Waals surface area contributed by atoms with E-state index in [-0.39, 0.29) is 0 Å². The fraction of sp³-hybridized carbons (Fsp3) is 0.250. The predicted octanol–water partition coefficient (Wildman–Crippen LogP) is 3.45. The van der Waals surface area contributed by atoms with E-state index in [1.807, 2.05) is 18.5 Å². The molecular weight excluding hydrogens is 248 g/mol. The van der Waals surface area contributed by atoms with E-state index in [2.05, 4.69) is 44.8 Å². The van der Waals surface area contributed by atoms with Crippen LogP contribution in [-0.2, 0) is 6.42 Å². The highest BCUT2D eigenvalue weighted by Gasteiger charge is 2.20. The van der Waals surface area contributed by atoms with Gasteiger partial charge in [0.15, 0.2) is 0 Å². The van der Waals surface area contributed by atoms with Crippen molar-refractivity contribution in [1.29, 1.82) is 0 Å². The van der Waals surface area contributed by atoms with Crippen molar-refractivity contribution in [2.45, 2.75) is 25.3 Å². The minimum atomic E-state index is 0.310. The third kappa shape index (κ3) is 1.93. The van der Waals surface area contributed by atoms with Crippen molar-refractivity contribution in [3.63, 3.8) is 0 Å². The van der Waals surface area contributed by atoms with Crippen LogP contribution in [0.1, 0.15) is 30.1 Å². The lowest BCUT2D eigenvalue weighted by molar-refractivity contribution is 0.583. The Morgan fingerprint density at radius 1 is 1.25 bits per heavy atom. The molecule has 1 atom stereocenters. The van der Waals surface area contributed by atoms with E-state index in [1.165, 1.54) is 17.7 Å². The summed E-state index contributed by atoms with van der Waals surface area (Å²) in [5.74, 6) is 0. The summed E-state index contributed by atoms with van der Waals surface area (Å²) in [5, 5.41) is 11.8. The number of aromatic amines is 1. The molecule has 0 fully saturated rings. The van der Waals surface area contributed by atoms with Crippen LogP contribution in [0.4, 0.5) is 5.69 Å². The Morgan fingerprint density at radius 3 is 3.25 bits per heavy atom. The van der Waals surface area contributed by atoms with E-state index in [0.29, 0.717) is 6.04 Å². The highest BCUT2D eigenvalue weighted by molar-refractivity contribution is 5.81. The van der Waals surface area contributed by atoms with Crippen LogP contribution in [0.2, 0.25) is 0 Å². The second kappa shape index (κ2) is 4.63. The Kier molecular flexibility index (Phi) is 2.66. The van der Waals surface area contributed by atoms with E-state index < -0.39 is 0 Å². The van der Waals surface area contributed by atoms with E-state index in [0.717, 1.165) is 29.4 Å². The smallest absolute Gasteiger partial charge is 0.0688 e. The lowest BCUT2D eigenvalue weighted by Gasteiger charge is -2.26. The molecule has 0 saturated carbocycles. The first-order chi connectivity index (χ1) is 9.90. The van der Waals surface area contributed by atoms with Gasteiger partial charge in [0, 0.05) is 17.3 Å². The number of pyridine rings is 1. The van der Waals surface area contributed by atoms with Gasteiger partial charge >= 0.3 is 0 Å². The van der Waals surface area contributed by atoms with Gasteiger partial charge in [-0.25, -0.2) is 0 Å². The highest BCUT2D eigenvalue weighted by atomic mass is 15.1. The first kappa shape index (κ1) is 11.5. The van der Waals surface area contributed by atoms with Gasteiger partial charge in [0.1, 0.15) is 0 Å². The molecule has 4 rings (SSSR count). The largest absolute Gasteiger partial charge is 0.377 e. The summed E-state index contributed by atoms with van der Waals surface area (Å²) >= 11 is 0. The number of nitrogens with zero attached hydrogens (tertiary/aromatic N) is 2. The summed E-state index contributed by atoms with van der Waals surface area (Å²) in [4.78, 5) is 4.57. The number of benzene rings is 1. The molecule has 0 bridgehead atoms. The topological polar surface area (TPSA) is 53.6 Å². The van der Waals surface area contributed by atoms with Gasteiger partial charge in [-0.1, -0.05) is 6.07 Å². The first-order valence-corrected chi connectivity index (χ1v) is 7.03. The van der Waals surface area contributed by atoms with Crippen molar-refractivity contribution in [3.8, 4) is 0 Å². The van der Waals surface area contributed by atoms with Crippen LogP contribution in [0.3, 0.4) is 0 Å².